The van der Waals surface area contributed by atoms with Gasteiger partial charge >= 0.3 is 0 Å². The van der Waals surface area contributed by atoms with Crippen molar-refractivity contribution in [1.29, 1.82) is 0 Å². The van der Waals surface area contributed by atoms with Crippen LogP contribution in [0.3, 0.4) is 0 Å². The van der Waals surface area contributed by atoms with Crippen LogP contribution in [0.2, 0.25) is 0 Å². The van der Waals surface area contributed by atoms with Gasteiger partial charge in [0.25, 0.3) is 0 Å². The third-order valence-corrected chi connectivity index (χ3v) is 7.21. The molecule has 1 aromatic heterocycles. The summed E-state index contributed by atoms with van der Waals surface area (Å²) in [6.45, 7) is 1.23. The van der Waals surface area contributed by atoms with Crippen LogP contribution in [-0.2, 0) is 31.4 Å². The lowest BCUT2D eigenvalue weighted by atomic mass is 10.2. The SMILES string of the molecule is CNS(=O)(=O)c1cn(CC(=O)N2CCCCCC2)cc1S(=O)(=O)NC. The van der Waals surface area contributed by atoms with Gasteiger partial charge in [0.2, 0.25) is 26.0 Å². The van der Waals surface area contributed by atoms with Gasteiger partial charge in [-0.25, -0.2) is 26.3 Å². The summed E-state index contributed by atoms with van der Waals surface area (Å²) in [4.78, 5) is 13.4. The van der Waals surface area contributed by atoms with Gasteiger partial charge < -0.3 is 9.47 Å². The maximum atomic E-state index is 12.5. The van der Waals surface area contributed by atoms with Crippen LogP contribution >= 0.6 is 0 Å². The Morgan fingerprint density at radius 2 is 1.36 bits per heavy atom. The van der Waals surface area contributed by atoms with Crippen molar-refractivity contribution in [3.8, 4) is 0 Å². The highest BCUT2D eigenvalue weighted by atomic mass is 32.2. The van der Waals surface area contributed by atoms with Crippen molar-refractivity contribution in [2.24, 2.45) is 0 Å². The molecule has 2 N–H and O–H groups in total. The molecule has 9 nitrogen and oxygen atoms in total. The standard InChI is InChI=1S/C14H24N4O5S2/c1-15-24(20,21)12-9-17(10-13(12)25(22,23)16-2)11-14(19)18-7-5-3-4-6-8-18/h9-10,15-16H,3-8,11H2,1-2H3. The topological polar surface area (TPSA) is 118 Å². The normalized spacial score (nSPS) is 16.6. The molecule has 0 atom stereocenters. The number of carbonyl (C=O) groups excluding carboxylic acids is 1. The Kier molecular flexibility index (Phi) is 6.25. The van der Waals surface area contributed by atoms with Crippen molar-refractivity contribution in [3.05, 3.63) is 12.4 Å². The van der Waals surface area contributed by atoms with Crippen LogP contribution in [0.25, 0.3) is 0 Å². The number of likely N-dealkylation sites (tertiary alicyclic amines) is 1. The highest BCUT2D eigenvalue weighted by Gasteiger charge is 2.28. The van der Waals surface area contributed by atoms with Gasteiger partial charge in [-0.3, -0.25) is 4.79 Å². The van der Waals surface area contributed by atoms with Crippen molar-refractivity contribution in [2.45, 2.75) is 42.0 Å². The summed E-state index contributed by atoms with van der Waals surface area (Å²) >= 11 is 0. The van der Waals surface area contributed by atoms with Crippen molar-refractivity contribution < 1.29 is 21.6 Å². The highest BCUT2D eigenvalue weighted by Crippen LogP contribution is 2.22. The molecule has 2 heterocycles. The van der Waals surface area contributed by atoms with Gasteiger partial charge in [0.05, 0.1) is 0 Å². The number of aromatic nitrogens is 1. The van der Waals surface area contributed by atoms with Gasteiger partial charge in [0.1, 0.15) is 16.3 Å². The summed E-state index contributed by atoms with van der Waals surface area (Å²) in [6.07, 6.45) is 6.40. The Morgan fingerprint density at radius 1 is 0.920 bits per heavy atom. The molecular weight excluding hydrogens is 368 g/mol. The van der Waals surface area contributed by atoms with E-state index in [0.717, 1.165) is 25.7 Å². The predicted molar refractivity (Wildman–Crippen MR) is 92.0 cm³/mol. The van der Waals surface area contributed by atoms with E-state index in [1.54, 1.807) is 4.90 Å². The zero-order chi connectivity index (χ0) is 18.7. The number of sulfonamides is 2. The largest absolute Gasteiger partial charge is 0.342 e. The van der Waals surface area contributed by atoms with Gasteiger partial charge in [-0.05, 0) is 26.9 Å². The summed E-state index contributed by atoms with van der Waals surface area (Å²) in [7, 11) is -5.57. The molecule has 11 heteroatoms. The number of nitrogens with zero attached hydrogens (tertiary/aromatic N) is 2. The third kappa shape index (κ3) is 4.60. The summed E-state index contributed by atoms with van der Waals surface area (Å²) in [5.41, 5.74) is 0. The number of rotatable bonds is 6. The fourth-order valence-electron chi connectivity index (χ4n) is 2.76. The van der Waals surface area contributed by atoms with E-state index in [1.165, 1.54) is 31.1 Å². The van der Waals surface area contributed by atoms with Crippen LogP contribution in [0.15, 0.2) is 22.2 Å². The van der Waals surface area contributed by atoms with Gasteiger partial charge in [-0.1, -0.05) is 12.8 Å². The molecular formula is C14H24N4O5S2. The molecule has 1 fully saturated rings. The lowest BCUT2D eigenvalue weighted by Gasteiger charge is -2.20. The molecule has 0 unspecified atom stereocenters. The molecule has 0 radical (unpaired) electrons. The lowest BCUT2D eigenvalue weighted by molar-refractivity contribution is -0.131. The van der Waals surface area contributed by atoms with E-state index in [4.69, 9.17) is 0 Å². The minimum Gasteiger partial charge on any atom is -0.342 e. The molecule has 0 saturated carbocycles. The molecule has 0 bridgehead atoms. The van der Waals surface area contributed by atoms with Crippen LogP contribution in [0, 0.1) is 0 Å². The quantitative estimate of drug-likeness (QED) is 0.690. The van der Waals surface area contributed by atoms with Gasteiger partial charge in [0, 0.05) is 25.5 Å². The predicted octanol–water partition coefficient (Wildman–Crippen LogP) is -0.293. The zero-order valence-corrected chi connectivity index (χ0v) is 16.0. The summed E-state index contributed by atoms with van der Waals surface area (Å²) < 4.78 is 54.0. The monoisotopic (exact) mass is 392 g/mol. The fraction of sp³-hybridized carbons (Fsp3) is 0.643. The van der Waals surface area contributed by atoms with E-state index < -0.39 is 20.0 Å². The molecule has 1 amide bonds. The smallest absolute Gasteiger partial charge is 0.243 e. The van der Waals surface area contributed by atoms with Crippen molar-refractivity contribution in [2.75, 3.05) is 27.2 Å². The van der Waals surface area contributed by atoms with Crippen LogP contribution in [0.1, 0.15) is 25.7 Å². The van der Waals surface area contributed by atoms with E-state index in [0.29, 0.717) is 13.1 Å². The molecule has 0 aliphatic carbocycles. The molecule has 1 aliphatic heterocycles. The number of carbonyl (C=O) groups is 1. The summed E-state index contributed by atoms with van der Waals surface area (Å²) in [6, 6.07) is 0. The first-order valence-corrected chi connectivity index (χ1v) is 11.0. The van der Waals surface area contributed by atoms with Gasteiger partial charge in [-0.15, -0.1) is 0 Å². The minimum absolute atomic E-state index is 0.106. The van der Waals surface area contributed by atoms with E-state index in [2.05, 4.69) is 9.44 Å². The number of amides is 1. The van der Waals surface area contributed by atoms with E-state index in [9.17, 15) is 21.6 Å². The van der Waals surface area contributed by atoms with Crippen molar-refractivity contribution in [1.82, 2.24) is 18.9 Å². The van der Waals surface area contributed by atoms with Crippen LogP contribution < -0.4 is 9.44 Å². The van der Waals surface area contributed by atoms with Crippen LogP contribution in [-0.4, -0.2) is 59.4 Å². The first-order chi connectivity index (χ1) is 11.7. The molecule has 142 valence electrons. The molecule has 25 heavy (non-hydrogen) atoms. The Balaban J connectivity index is 2.33. The lowest BCUT2D eigenvalue weighted by Crippen LogP contribution is -2.34. The second kappa shape index (κ2) is 7.85. The number of nitrogens with one attached hydrogen (secondary N) is 2. The molecule has 1 aliphatic rings. The highest BCUT2D eigenvalue weighted by molar-refractivity contribution is 7.92. The Morgan fingerprint density at radius 3 is 1.76 bits per heavy atom. The molecule has 0 spiro atoms. The second-order valence-electron chi connectivity index (χ2n) is 5.87. The zero-order valence-electron chi connectivity index (χ0n) is 14.4. The van der Waals surface area contributed by atoms with E-state index in [1.807, 2.05) is 0 Å². The van der Waals surface area contributed by atoms with Crippen LogP contribution in [0.5, 0.6) is 0 Å². The average molecular weight is 393 g/mol. The second-order valence-corrected chi connectivity index (χ2v) is 9.58. The van der Waals surface area contributed by atoms with Gasteiger partial charge in [-0.2, -0.15) is 0 Å². The number of hydrogen-bond donors (Lipinski definition) is 2. The van der Waals surface area contributed by atoms with E-state index >= 15 is 0 Å². The Bertz CT molecular complexity index is 770. The molecule has 1 aromatic rings. The van der Waals surface area contributed by atoms with Crippen LogP contribution in [0.4, 0.5) is 0 Å². The maximum absolute atomic E-state index is 12.5. The Labute approximate surface area is 148 Å². The molecule has 0 aromatic carbocycles. The van der Waals surface area contributed by atoms with E-state index in [-0.39, 0.29) is 22.2 Å². The summed E-state index contributed by atoms with van der Waals surface area (Å²) in [5.74, 6) is -0.154. The maximum Gasteiger partial charge on any atom is 0.243 e. The number of hydrogen-bond acceptors (Lipinski definition) is 5. The fourth-order valence-corrected chi connectivity index (χ4v) is 5.04. The average Bonchev–Trinajstić information content (AvgIpc) is 2.83. The molecule has 1 saturated heterocycles. The van der Waals surface area contributed by atoms with Crippen molar-refractivity contribution in [3.63, 3.8) is 0 Å². The third-order valence-electron chi connectivity index (χ3n) is 4.20. The molecule has 2 rings (SSSR count). The first kappa shape index (κ1) is 19.9. The first-order valence-electron chi connectivity index (χ1n) is 8.06. The minimum atomic E-state index is -3.98. The summed E-state index contributed by atoms with van der Waals surface area (Å²) in [5, 5.41) is 0. The Hall–Kier alpha value is -1.43. The van der Waals surface area contributed by atoms with Gasteiger partial charge in [0.15, 0.2) is 0 Å². The van der Waals surface area contributed by atoms with Crippen molar-refractivity contribution >= 4 is 26.0 Å².